The van der Waals surface area contributed by atoms with E-state index in [1.54, 1.807) is 31.5 Å². The van der Waals surface area contributed by atoms with Crippen molar-refractivity contribution in [2.75, 3.05) is 19.0 Å². The predicted octanol–water partition coefficient (Wildman–Crippen LogP) is 5.84. The first-order valence-corrected chi connectivity index (χ1v) is 12.4. The smallest absolute Gasteiger partial charge is 0.257 e. The van der Waals surface area contributed by atoms with Gasteiger partial charge in [-0.3, -0.25) is 10.1 Å². The Bertz CT molecular complexity index is 1350. The van der Waals surface area contributed by atoms with Gasteiger partial charge >= 0.3 is 0 Å². The maximum atomic E-state index is 12.9. The van der Waals surface area contributed by atoms with Crippen molar-refractivity contribution in [3.63, 3.8) is 0 Å². The number of carbonyl (C=O) groups is 1. The summed E-state index contributed by atoms with van der Waals surface area (Å²) >= 11 is 1.41. The second-order valence-electron chi connectivity index (χ2n) is 8.65. The molecule has 1 aliphatic rings. The normalized spacial score (nSPS) is 13.9. The van der Waals surface area contributed by atoms with E-state index in [1.165, 1.54) is 11.3 Å². The van der Waals surface area contributed by atoms with Crippen LogP contribution in [0.25, 0.3) is 11.5 Å². The molecule has 5 rings (SSSR count). The average molecular weight is 507 g/mol. The molecule has 1 amide bonds. The summed E-state index contributed by atoms with van der Waals surface area (Å²) in [7, 11) is 1.61. The van der Waals surface area contributed by atoms with E-state index in [-0.39, 0.29) is 12.0 Å². The summed E-state index contributed by atoms with van der Waals surface area (Å²) in [6.45, 7) is 4.23. The van der Waals surface area contributed by atoms with Gasteiger partial charge in [-0.2, -0.15) is 0 Å². The lowest BCUT2D eigenvalue weighted by atomic mass is 10.1. The zero-order valence-electron chi connectivity index (χ0n) is 20.2. The van der Waals surface area contributed by atoms with Crippen molar-refractivity contribution >= 4 is 22.4 Å². The standard InChI is InChI=1S/C26H26N4O5S/c1-15(14-32-3)33-21-10-19(23(31)28-26-27-13-16(2)36-26)11-22(12-21)34-20-8-6-18(7-9-20)25-30-29-24(35-25)17-4-5-17/h6-13,15,17H,4-5,14H2,1-3H3,(H,27,28,31). The Kier molecular flexibility index (Phi) is 6.97. The zero-order chi connectivity index (χ0) is 25.1. The molecule has 1 fully saturated rings. The Hall–Kier alpha value is -3.76. The Morgan fingerprint density at radius 2 is 1.92 bits per heavy atom. The number of hydrogen-bond acceptors (Lipinski definition) is 9. The fraction of sp³-hybridized carbons (Fsp3) is 0.308. The van der Waals surface area contributed by atoms with Crippen LogP contribution in [0, 0.1) is 6.92 Å². The molecule has 1 N–H and O–H groups in total. The zero-order valence-corrected chi connectivity index (χ0v) is 21.0. The molecule has 9 nitrogen and oxygen atoms in total. The van der Waals surface area contributed by atoms with Crippen molar-refractivity contribution in [2.24, 2.45) is 0 Å². The monoisotopic (exact) mass is 506 g/mol. The summed E-state index contributed by atoms with van der Waals surface area (Å²) in [6, 6.07) is 12.4. The molecule has 2 aromatic heterocycles. The van der Waals surface area contributed by atoms with Crippen LogP contribution in [0.5, 0.6) is 17.2 Å². The molecular weight excluding hydrogens is 480 g/mol. The highest BCUT2D eigenvalue weighted by Gasteiger charge is 2.29. The molecule has 1 atom stereocenters. The van der Waals surface area contributed by atoms with Crippen molar-refractivity contribution in [3.05, 3.63) is 65.0 Å². The summed E-state index contributed by atoms with van der Waals surface area (Å²) in [5, 5.41) is 11.6. The van der Waals surface area contributed by atoms with Crippen LogP contribution in [-0.2, 0) is 4.74 Å². The maximum Gasteiger partial charge on any atom is 0.257 e. The number of methoxy groups -OCH3 is 1. The number of nitrogens with one attached hydrogen (secondary N) is 1. The molecule has 0 bridgehead atoms. The number of carbonyl (C=O) groups excluding carboxylic acids is 1. The molecular formula is C26H26N4O5S. The summed E-state index contributed by atoms with van der Waals surface area (Å²) in [6.07, 6.45) is 3.71. The highest BCUT2D eigenvalue weighted by atomic mass is 32.1. The molecule has 2 heterocycles. The van der Waals surface area contributed by atoms with Gasteiger partial charge in [0.05, 0.1) is 6.61 Å². The van der Waals surface area contributed by atoms with Crippen LogP contribution >= 0.6 is 11.3 Å². The Labute approximate surface area is 212 Å². The van der Waals surface area contributed by atoms with Gasteiger partial charge in [0.25, 0.3) is 5.91 Å². The summed E-state index contributed by atoms with van der Waals surface area (Å²) in [5.41, 5.74) is 1.20. The molecule has 4 aromatic rings. The number of hydrogen-bond donors (Lipinski definition) is 1. The van der Waals surface area contributed by atoms with Crippen LogP contribution in [0.1, 0.15) is 46.8 Å². The van der Waals surface area contributed by atoms with Crippen LogP contribution in [0.3, 0.4) is 0 Å². The van der Waals surface area contributed by atoms with Crippen LogP contribution in [0.2, 0.25) is 0 Å². The van der Waals surface area contributed by atoms with Crippen LogP contribution in [-0.4, -0.2) is 40.9 Å². The fourth-order valence-electron chi connectivity index (χ4n) is 3.56. The van der Waals surface area contributed by atoms with E-state index in [4.69, 9.17) is 18.6 Å². The number of aryl methyl sites for hydroxylation is 1. The van der Waals surface area contributed by atoms with E-state index >= 15 is 0 Å². The summed E-state index contributed by atoms with van der Waals surface area (Å²) in [5.74, 6) is 2.82. The van der Waals surface area contributed by atoms with Gasteiger partial charge in [-0.1, -0.05) is 0 Å². The number of nitrogens with zero attached hydrogens (tertiary/aromatic N) is 3. The summed E-state index contributed by atoms with van der Waals surface area (Å²) < 4.78 is 23.0. The van der Waals surface area contributed by atoms with Gasteiger partial charge in [0.2, 0.25) is 11.8 Å². The number of anilines is 1. The van der Waals surface area contributed by atoms with Gasteiger partial charge in [0.1, 0.15) is 23.4 Å². The minimum absolute atomic E-state index is 0.211. The topological polar surface area (TPSA) is 109 Å². The Morgan fingerprint density at radius 1 is 1.14 bits per heavy atom. The second kappa shape index (κ2) is 10.5. The average Bonchev–Trinajstić information content (AvgIpc) is 3.44. The van der Waals surface area contributed by atoms with Gasteiger partial charge in [0.15, 0.2) is 5.13 Å². The Morgan fingerprint density at radius 3 is 2.61 bits per heavy atom. The number of thiazole rings is 1. The molecule has 186 valence electrons. The first kappa shape index (κ1) is 24.0. The van der Waals surface area contributed by atoms with E-state index in [1.807, 2.05) is 38.1 Å². The summed E-state index contributed by atoms with van der Waals surface area (Å²) in [4.78, 5) is 18.2. The minimum Gasteiger partial charge on any atom is -0.488 e. The van der Waals surface area contributed by atoms with Crippen molar-refractivity contribution in [2.45, 2.75) is 38.7 Å². The van der Waals surface area contributed by atoms with Crippen LogP contribution in [0.4, 0.5) is 5.13 Å². The third-order valence-electron chi connectivity index (χ3n) is 5.43. The first-order valence-electron chi connectivity index (χ1n) is 11.6. The van der Waals surface area contributed by atoms with E-state index in [9.17, 15) is 4.79 Å². The molecule has 2 aromatic carbocycles. The largest absolute Gasteiger partial charge is 0.488 e. The van der Waals surface area contributed by atoms with Gasteiger partial charge < -0.3 is 18.6 Å². The van der Waals surface area contributed by atoms with Gasteiger partial charge in [-0.05, 0) is 63.1 Å². The molecule has 1 aliphatic carbocycles. The molecule has 36 heavy (non-hydrogen) atoms. The van der Waals surface area contributed by atoms with Crippen molar-refractivity contribution in [1.82, 2.24) is 15.2 Å². The lowest BCUT2D eigenvalue weighted by molar-refractivity contribution is 0.0916. The third-order valence-corrected chi connectivity index (χ3v) is 6.25. The van der Waals surface area contributed by atoms with E-state index < -0.39 is 0 Å². The van der Waals surface area contributed by atoms with Crippen molar-refractivity contribution in [3.8, 4) is 28.7 Å². The molecule has 1 saturated carbocycles. The van der Waals surface area contributed by atoms with Crippen molar-refractivity contribution < 1.29 is 23.4 Å². The molecule has 0 radical (unpaired) electrons. The highest BCUT2D eigenvalue weighted by molar-refractivity contribution is 7.15. The second-order valence-corrected chi connectivity index (χ2v) is 9.89. The number of benzene rings is 2. The minimum atomic E-state index is -0.308. The quantitative estimate of drug-likeness (QED) is 0.286. The highest BCUT2D eigenvalue weighted by Crippen LogP contribution is 2.40. The maximum absolute atomic E-state index is 12.9. The first-order chi connectivity index (χ1) is 17.5. The van der Waals surface area contributed by atoms with Gasteiger partial charge in [-0.15, -0.1) is 21.5 Å². The van der Waals surface area contributed by atoms with Crippen molar-refractivity contribution in [1.29, 1.82) is 0 Å². The van der Waals surface area contributed by atoms with E-state index in [0.29, 0.717) is 52.2 Å². The van der Waals surface area contributed by atoms with Gasteiger partial charge in [0, 0.05) is 41.3 Å². The Balaban J connectivity index is 1.35. The SMILES string of the molecule is COCC(C)Oc1cc(Oc2ccc(-c3nnc(C4CC4)o3)cc2)cc(C(=O)Nc2ncc(C)s2)c1. The van der Waals surface area contributed by atoms with E-state index in [2.05, 4.69) is 20.5 Å². The lowest BCUT2D eigenvalue weighted by Crippen LogP contribution is -2.18. The van der Waals surface area contributed by atoms with Crippen LogP contribution in [0.15, 0.2) is 53.1 Å². The van der Waals surface area contributed by atoms with E-state index in [0.717, 1.165) is 23.3 Å². The van der Waals surface area contributed by atoms with Gasteiger partial charge in [-0.25, -0.2) is 4.98 Å². The molecule has 0 saturated heterocycles. The molecule has 1 unspecified atom stereocenters. The number of ether oxygens (including phenoxy) is 3. The van der Waals surface area contributed by atoms with Crippen LogP contribution < -0.4 is 14.8 Å². The lowest BCUT2D eigenvalue weighted by Gasteiger charge is -2.16. The number of rotatable bonds is 10. The number of aromatic nitrogens is 3. The molecule has 0 aliphatic heterocycles. The number of amides is 1. The molecule has 10 heteroatoms. The third kappa shape index (κ3) is 5.89. The predicted molar refractivity (Wildman–Crippen MR) is 135 cm³/mol. The molecule has 0 spiro atoms. The fourth-order valence-corrected chi connectivity index (χ4v) is 4.22.